The molecule has 6 nitrogen and oxygen atoms in total. The Morgan fingerprint density at radius 3 is 2.61 bits per heavy atom. The van der Waals surface area contributed by atoms with Gasteiger partial charge in [0.2, 0.25) is 5.56 Å². The molecule has 0 spiro atoms. The SMILES string of the molecule is CC(C)Cn1c(=O)n(C)c(=O)c2cc(Cc3ccc4[nH]c(=O)ccc4c3)sc21. The fourth-order valence-corrected chi connectivity index (χ4v) is 4.63. The lowest BCUT2D eigenvalue weighted by molar-refractivity contribution is 0.504. The molecule has 0 amide bonds. The number of nitrogens with one attached hydrogen (secondary N) is 1. The van der Waals surface area contributed by atoms with Gasteiger partial charge in [-0.25, -0.2) is 4.79 Å². The number of aromatic nitrogens is 3. The molecular formula is C21H21N3O3S. The van der Waals surface area contributed by atoms with Crippen LogP contribution in [0.4, 0.5) is 0 Å². The van der Waals surface area contributed by atoms with Gasteiger partial charge in [0.05, 0.1) is 5.39 Å². The van der Waals surface area contributed by atoms with Crippen molar-refractivity contribution in [3.8, 4) is 0 Å². The van der Waals surface area contributed by atoms with Gasteiger partial charge in [0.1, 0.15) is 4.83 Å². The molecule has 0 fully saturated rings. The zero-order valence-corrected chi connectivity index (χ0v) is 16.8. The largest absolute Gasteiger partial charge is 0.331 e. The Morgan fingerprint density at radius 2 is 1.86 bits per heavy atom. The highest BCUT2D eigenvalue weighted by Crippen LogP contribution is 2.26. The summed E-state index contributed by atoms with van der Waals surface area (Å²) < 4.78 is 2.90. The first-order valence-corrected chi connectivity index (χ1v) is 9.99. The zero-order valence-electron chi connectivity index (χ0n) is 16.0. The molecule has 144 valence electrons. The lowest BCUT2D eigenvalue weighted by atomic mass is 10.1. The molecule has 3 aromatic heterocycles. The van der Waals surface area contributed by atoms with Crippen LogP contribution in [0.1, 0.15) is 24.3 Å². The van der Waals surface area contributed by atoms with Crippen LogP contribution in [0.25, 0.3) is 21.1 Å². The topological polar surface area (TPSA) is 76.9 Å². The van der Waals surface area contributed by atoms with E-state index in [-0.39, 0.29) is 16.8 Å². The second-order valence-electron chi connectivity index (χ2n) is 7.50. The van der Waals surface area contributed by atoms with Crippen LogP contribution in [0.5, 0.6) is 0 Å². The fraction of sp³-hybridized carbons (Fsp3) is 0.286. The minimum atomic E-state index is -0.269. The summed E-state index contributed by atoms with van der Waals surface area (Å²) in [6.45, 7) is 4.68. The summed E-state index contributed by atoms with van der Waals surface area (Å²) in [7, 11) is 1.53. The van der Waals surface area contributed by atoms with Gasteiger partial charge in [-0.2, -0.15) is 0 Å². The molecule has 0 radical (unpaired) electrons. The number of benzene rings is 1. The number of hydrogen-bond donors (Lipinski definition) is 1. The number of rotatable bonds is 4. The maximum absolute atomic E-state index is 12.6. The third kappa shape index (κ3) is 3.22. The van der Waals surface area contributed by atoms with Crippen molar-refractivity contribution < 1.29 is 0 Å². The van der Waals surface area contributed by atoms with Gasteiger partial charge in [-0.15, -0.1) is 11.3 Å². The van der Waals surface area contributed by atoms with Gasteiger partial charge in [0, 0.05) is 36.5 Å². The van der Waals surface area contributed by atoms with E-state index < -0.39 is 0 Å². The van der Waals surface area contributed by atoms with Crippen LogP contribution < -0.4 is 16.8 Å². The van der Waals surface area contributed by atoms with Gasteiger partial charge in [0.15, 0.2) is 0 Å². The highest BCUT2D eigenvalue weighted by atomic mass is 32.1. The van der Waals surface area contributed by atoms with Crippen LogP contribution in [-0.2, 0) is 20.0 Å². The number of fused-ring (bicyclic) bond motifs is 2. The van der Waals surface area contributed by atoms with Crippen molar-refractivity contribution in [2.24, 2.45) is 13.0 Å². The number of nitrogens with zero attached hydrogens (tertiary/aromatic N) is 2. The summed E-state index contributed by atoms with van der Waals surface area (Å²) in [5, 5.41) is 1.55. The van der Waals surface area contributed by atoms with Crippen molar-refractivity contribution in [1.29, 1.82) is 0 Å². The van der Waals surface area contributed by atoms with Crippen molar-refractivity contribution >= 4 is 32.5 Å². The van der Waals surface area contributed by atoms with Gasteiger partial charge in [0.25, 0.3) is 5.56 Å². The molecule has 0 atom stereocenters. The molecule has 4 aromatic rings. The third-order valence-electron chi connectivity index (χ3n) is 4.78. The van der Waals surface area contributed by atoms with Crippen molar-refractivity contribution in [2.75, 3.05) is 0 Å². The van der Waals surface area contributed by atoms with E-state index in [0.717, 1.165) is 26.2 Å². The first kappa shape index (κ1) is 18.4. The van der Waals surface area contributed by atoms with E-state index in [1.807, 2.05) is 24.3 Å². The summed E-state index contributed by atoms with van der Waals surface area (Å²) in [4.78, 5) is 41.2. The smallest absolute Gasteiger partial charge is 0.322 e. The predicted octanol–water partition coefficient (Wildman–Crippen LogP) is 2.85. The molecule has 28 heavy (non-hydrogen) atoms. The molecule has 3 heterocycles. The van der Waals surface area contributed by atoms with Crippen LogP contribution in [0.15, 0.2) is 50.8 Å². The van der Waals surface area contributed by atoms with E-state index in [4.69, 9.17) is 0 Å². The minimum absolute atomic E-state index is 0.122. The van der Waals surface area contributed by atoms with Crippen LogP contribution in [0.3, 0.4) is 0 Å². The van der Waals surface area contributed by atoms with Crippen molar-refractivity contribution in [3.05, 3.63) is 78.0 Å². The van der Waals surface area contributed by atoms with Crippen LogP contribution in [0.2, 0.25) is 0 Å². The molecule has 0 saturated heterocycles. The molecule has 0 aliphatic carbocycles. The lowest BCUT2D eigenvalue weighted by Crippen LogP contribution is -2.38. The van der Waals surface area contributed by atoms with Crippen molar-refractivity contribution in [3.63, 3.8) is 0 Å². The first-order valence-electron chi connectivity index (χ1n) is 9.17. The number of hydrogen-bond acceptors (Lipinski definition) is 4. The van der Waals surface area contributed by atoms with Crippen molar-refractivity contribution in [1.82, 2.24) is 14.1 Å². The third-order valence-corrected chi connectivity index (χ3v) is 5.93. The number of thiophene rings is 1. The maximum atomic E-state index is 12.6. The second-order valence-corrected chi connectivity index (χ2v) is 8.62. The molecule has 4 rings (SSSR count). The Labute approximate surface area is 164 Å². The monoisotopic (exact) mass is 395 g/mol. The van der Waals surface area contributed by atoms with Crippen LogP contribution in [0, 0.1) is 5.92 Å². The average Bonchev–Trinajstić information content (AvgIpc) is 3.07. The van der Waals surface area contributed by atoms with E-state index in [1.54, 1.807) is 10.6 Å². The van der Waals surface area contributed by atoms with Crippen LogP contribution in [-0.4, -0.2) is 14.1 Å². The Balaban J connectivity index is 1.81. The van der Waals surface area contributed by atoms with E-state index in [2.05, 4.69) is 18.8 Å². The molecule has 0 saturated carbocycles. The number of H-pyrrole nitrogens is 1. The van der Waals surface area contributed by atoms with Gasteiger partial charge < -0.3 is 4.98 Å². The fourth-order valence-electron chi connectivity index (χ4n) is 3.45. The highest BCUT2D eigenvalue weighted by Gasteiger charge is 2.15. The minimum Gasteiger partial charge on any atom is -0.322 e. The first-order chi connectivity index (χ1) is 13.3. The maximum Gasteiger partial charge on any atom is 0.331 e. The summed E-state index contributed by atoms with van der Waals surface area (Å²) in [5.74, 6) is 0.298. The molecule has 0 aliphatic rings. The number of pyridine rings is 1. The molecule has 1 aromatic carbocycles. The Hall–Kier alpha value is -2.93. The predicted molar refractivity (Wildman–Crippen MR) is 114 cm³/mol. The molecule has 0 unspecified atom stereocenters. The van der Waals surface area contributed by atoms with Crippen molar-refractivity contribution in [2.45, 2.75) is 26.8 Å². The molecule has 1 N–H and O–H groups in total. The quantitative estimate of drug-likeness (QED) is 0.577. The summed E-state index contributed by atoms with van der Waals surface area (Å²) >= 11 is 1.50. The second kappa shape index (κ2) is 6.91. The molecular weight excluding hydrogens is 374 g/mol. The normalized spacial score (nSPS) is 11.7. The average molecular weight is 395 g/mol. The Kier molecular flexibility index (Phi) is 4.55. The highest BCUT2D eigenvalue weighted by molar-refractivity contribution is 7.18. The van der Waals surface area contributed by atoms with E-state index in [9.17, 15) is 14.4 Å². The summed E-state index contributed by atoms with van der Waals surface area (Å²) in [6.07, 6.45) is 0.660. The van der Waals surface area contributed by atoms with E-state index >= 15 is 0 Å². The molecule has 0 aliphatic heterocycles. The van der Waals surface area contributed by atoms with Crippen LogP contribution >= 0.6 is 11.3 Å². The van der Waals surface area contributed by atoms with E-state index in [1.165, 1.54) is 29.0 Å². The van der Waals surface area contributed by atoms with Gasteiger partial charge in [-0.05, 0) is 41.1 Å². The van der Waals surface area contributed by atoms with Gasteiger partial charge in [-0.3, -0.25) is 18.7 Å². The summed E-state index contributed by atoms with van der Waals surface area (Å²) in [6, 6.07) is 11.1. The number of aromatic amines is 1. The zero-order chi connectivity index (χ0) is 20.0. The summed E-state index contributed by atoms with van der Waals surface area (Å²) in [5.41, 5.74) is 1.24. The van der Waals surface area contributed by atoms with E-state index in [0.29, 0.717) is 24.3 Å². The standard InChI is InChI=1S/C21H21N3O3S/c1-12(2)11-24-20-16(19(26)23(3)21(24)27)10-15(28-20)9-13-4-6-17-14(8-13)5-7-18(25)22-17/h4-8,10,12H,9,11H2,1-3H3,(H,22,25). The Bertz CT molecular complexity index is 1370. The molecule has 7 heteroatoms. The van der Waals surface area contributed by atoms with Gasteiger partial charge >= 0.3 is 5.69 Å². The molecule has 0 bridgehead atoms. The van der Waals surface area contributed by atoms with Gasteiger partial charge in [-0.1, -0.05) is 19.9 Å². The Morgan fingerprint density at radius 1 is 1.07 bits per heavy atom. The lowest BCUT2D eigenvalue weighted by Gasteiger charge is -2.11.